The molecular weight excluding hydrogens is 386 g/mol. The van der Waals surface area contributed by atoms with Crippen molar-refractivity contribution >= 4 is 34.7 Å². The SMILES string of the molecule is CCOC(=O)c1ccc(NC(=S)N2CCC(Nc3cccc(OC)c3)CC2)cc1. The first-order valence-electron chi connectivity index (χ1n) is 9.82. The van der Waals surface area contributed by atoms with Crippen LogP contribution in [0, 0.1) is 0 Å². The van der Waals surface area contributed by atoms with E-state index in [4.69, 9.17) is 21.7 Å². The van der Waals surface area contributed by atoms with Crippen molar-refractivity contribution in [2.24, 2.45) is 0 Å². The molecule has 6 nitrogen and oxygen atoms in total. The van der Waals surface area contributed by atoms with Crippen LogP contribution in [0.1, 0.15) is 30.1 Å². The molecule has 1 fully saturated rings. The first kappa shape index (κ1) is 20.9. The molecule has 0 atom stereocenters. The Labute approximate surface area is 177 Å². The molecule has 2 N–H and O–H groups in total. The van der Waals surface area contributed by atoms with E-state index in [0.29, 0.717) is 23.3 Å². The zero-order valence-corrected chi connectivity index (χ0v) is 17.6. The van der Waals surface area contributed by atoms with E-state index in [2.05, 4.69) is 21.6 Å². The smallest absolute Gasteiger partial charge is 0.338 e. The van der Waals surface area contributed by atoms with Crippen molar-refractivity contribution in [2.45, 2.75) is 25.8 Å². The molecule has 29 heavy (non-hydrogen) atoms. The number of benzene rings is 2. The van der Waals surface area contributed by atoms with Gasteiger partial charge in [-0.1, -0.05) is 6.07 Å². The van der Waals surface area contributed by atoms with Crippen LogP contribution >= 0.6 is 12.2 Å². The molecule has 154 valence electrons. The molecule has 2 aromatic rings. The number of nitrogens with zero attached hydrogens (tertiary/aromatic N) is 1. The van der Waals surface area contributed by atoms with Crippen molar-refractivity contribution in [1.82, 2.24) is 4.90 Å². The van der Waals surface area contributed by atoms with Gasteiger partial charge in [-0.3, -0.25) is 0 Å². The maximum Gasteiger partial charge on any atom is 0.338 e. The number of esters is 1. The number of methoxy groups -OCH3 is 1. The van der Waals surface area contributed by atoms with Gasteiger partial charge >= 0.3 is 5.97 Å². The molecule has 1 aliphatic heterocycles. The molecular formula is C22H27N3O3S. The average Bonchev–Trinajstić information content (AvgIpc) is 2.75. The van der Waals surface area contributed by atoms with Crippen LogP contribution in [0.5, 0.6) is 5.75 Å². The zero-order valence-electron chi connectivity index (χ0n) is 16.8. The second-order valence-corrected chi connectivity index (χ2v) is 7.25. The van der Waals surface area contributed by atoms with Crippen LogP contribution in [-0.2, 0) is 4.74 Å². The van der Waals surface area contributed by atoms with Gasteiger partial charge in [0.2, 0.25) is 0 Å². The van der Waals surface area contributed by atoms with Gasteiger partial charge in [0.25, 0.3) is 0 Å². The summed E-state index contributed by atoms with van der Waals surface area (Å²) < 4.78 is 10.3. The lowest BCUT2D eigenvalue weighted by Gasteiger charge is -2.34. The molecule has 0 aliphatic carbocycles. The van der Waals surface area contributed by atoms with Crippen molar-refractivity contribution < 1.29 is 14.3 Å². The minimum atomic E-state index is -0.313. The van der Waals surface area contributed by atoms with Gasteiger partial charge in [0, 0.05) is 36.6 Å². The summed E-state index contributed by atoms with van der Waals surface area (Å²) in [5, 5.41) is 7.54. The molecule has 0 spiro atoms. The summed E-state index contributed by atoms with van der Waals surface area (Å²) in [6, 6.07) is 15.6. The molecule has 0 unspecified atom stereocenters. The number of anilines is 2. The van der Waals surface area contributed by atoms with Gasteiger partial charge in [0.05, 0.1) is 19.3 Å². The van der Waals surface area contributed by atoms with Crippen LogP contribution in [0.15, 0.2) is 48.5 Å². The van der Waals surface area contributed by atoms with E-state index in [-0.39, 0.29) is 5.97 Å². The number of thiocarbonyl (C=S) groups is 1. The molecule has 0 aromatic heterocycles. The lowest BCUT2D eigenvalue weighted by atomic mass is 10.0. The highest BCUT2D eigenvalue weighted by atomic mass is 32.1. The van der Waals surface area contributed by atoms with Gasteiger partial charge in [-0.05, 0) is 68.4 Å². The summed E-state index contributed by atoms with van der Waals surface area (Å²) in [5.74, 6) is 0.541. The third-order valence-corrected chi connectivity index (χ3v) is 5.23. The number of hydrogen-bond donors (Lipinski definition) is 2. The maximum atomic E-state index is 11.7. The van der Waals surface area contributed by atoms with Gasteiger partial charge in [-0.25, -0.2) is 4.79 Å². The van der Waals surface area contributed by atoms with Crippen LogP contribution in [-0.4, -0.2) is 48.8 Å². The molecule has 1 saturated heterocycles. The molecule has 3 rings (SSSR count). The minimum Gasteiger partial charge on any atom is -0.497 e. The van der Waals surface area contributed by atoms with Crippen molar-refractivity contribution in [1.29, 1.82) is 0 Å². The zero-order chi connectivity index (χ0) is 20.6. The van der Waals surface area contributed by atoms with E-state index in [1.165, 1.54) is 0 Å². The number of carbonyl (C=O) groups is 1. The van der Waals surface area contributed by atoms with E-state index in [0.717, 1.165) is 43.1 Å². The third-order valence-electron chi connectivity index (χ3n) is 4.87. The Morgan fingerprint density at radius 1 is 1.14 bits per heavy atom. The largest absolute Gasteiger partial charge is 0.497 e. The highest BCUT2D eigenvalue weighted by Crippen LogP contribution is 2.21. The number of hydrogen-bond acceptors (Lipinski definition) is 5. The fraction of sp³-hybridized carbons (Fsp3) is 0.364. The van der Waals surface area contributed by atoms with Crippen molar-refractivity contribution in [3.63, 3.8) is 0 Å². The first-order chi connectivity index (χ1) is 14.1. The first-order valence-corrected chi connectivity index (χ1v) is 10.2. The summed E-state index contributed by atoms with van der Waals surface area (Å²) in [4.78, 5) is 13.9. The number of rotatable bonds is 6. The summed E-state index contributed by atoms with van der Waals surface area (Å²) in [6.45, 7) is 3.93. The van der Waals surface area contributed by atoms with E-state index < -0.39 is 0 Å². The number of nitrogens with one attached hydrogen (secondary N) is 2. The van der Waals surface area contributed by atoms with Crippen LogP contribution in [0.3, 0.4) is 0 Å². The number of piperidine rings is 1. The molecule has 0 radical (unpaired) electrons. The summed E-state index contributed by atoms with van der Waals surface area (Å²) in [7, 11) is 1.68. The van der Waals surface area contributed by atoms with E-state index in [9.17, 15) is 4.79 Å². The molecule has 1 heterocycles. The second kappa shape index (κ2) is 10.1. The van der Waals surface area contributed by atoms with Gasteiger partial charge in [0.15, 0.2) is 5.11 Å². The lowest BCUT2D eigenvalue weighted by Crippen LogP contribution is -2.44. The Morgan fingerprint density at radius 3 is 2.52 bits per heavy atom. The average molecular weight is 414 g/mol. The van der Waals surface area contributed by atoms with E-state index in [1.807, 2.05) is 30.3 Å². The van der Waals surface area contributed by atoms with Gasteiger partial charge in [-0.15, -0.1) is 0 Å². The number of likely N-dealkylation sites (tertiary alicyclic amines) is 1. The fourth-order valence-corrected chi connectivity index (χ4v) is 3.58. The lowest BCUT2D eigenvalue weighted by molar-refractivity contribution is 0.0526. The van der Waals surface area contributed by atoms with Gasteiger partial charge < -0.3 is 25.0 Å². The molecule has 0 saturated carbocycles. The van der Waals surface area contributed by atoms with Crippen molar-refractivity contribution in [3.05, 3.63) is 54.1 Å². The summed E-state index contributed by atoms with van der Waals surface area (Å²) >= 11 is 5.57. The predicted molar refractivity (Wildman–Crippen MR) is 120 cm³/mol. The number of ether oxygens (including phenoxy) is 2. The second-order valence-electron chi connectivity index (χ2n) is 6.87. The summed E-state index contributed by atoms with van der Waals surface area (Å²) in [6.07, 6.45) is 2.00. The van der Waals surface area contributed by atoms with Crippen molar-refractivity contribution in [3.8, 4) is 5.75 Å². The van der Waals surface area contributed by atoms with Crippen molar-refractivity contribution in [2.75, 3.05) is 37.4 Å². The molecule has 0 amide bonds. The molecule has 7 heteroatoms. The normalized spacial score (nSPS) is 14.2. The monoisotopic (exact) mass is 413 g/mol. The third kappa shape index (κ3) is 5.84. The molecule has 1 aliphatic rings. The Hall–Kier alpha value is -2.80. The topological polar surface area (TPSA) is 62.8 Å². The Balaban J connectivity index is 1.47. The highest BCUT2D eigenvalue weighted by molar-refractivity contribution is 7.80. The quantitative estimate of drug-likeness (QED) is 0.545. The van der Waals surface area contributed by atoms with Crippen LogP contribution in [0.25, 0.3) is 0 Å². The van der Waals surface area contributed by atoms with Gasteiger partial charge in [0.1, 0.15) is 5.75 Å². The highest BCUT2D eigenvalue weighted by Gasteiger charge is 2.21. The predicted octanol–water partition coefficient (Wildman–Crippen LogP) is 4.15. The fourth-order valence-electron chi connectivity index (χ4n) is 3.28. The van der Waals surface area contributed by atoms with Crippen LogP contribution < -0.4 is 15.4 Å². The van der Waals surface area contributed by atoms with E-state index in [1.54, 1.807) is 26.2 Å². The van der Waals surface area contributed by atoms with Crippen LogP contribution in [0.2, 0.25) is 0 Å². The Bertz CT molecular complexity index is 833. The standard InChI is InChI=1S/C22H27N3O3S/c1-3-28-21(26)16-7-9-17(10-8-16)24-22(29)25-13-11-18(12-14-25)23-19-5-4-6-20(15-19)27-2/h4-10,15,18,23H,3,11-14H2,1-2H3,(H,24,29). The Kier molecular flexibility index (Phi) is 7.30. The molecule has 2 aromatic carbocycles. The van der Waals surface area contributed by atoms with E-state index >= 15 is 0 Å². The Morgan fingerprint density at radius 2 is 1.86 bits per heavy atom. The minimum absolute atomic E-state index is 0.313. The van der Waals surface area contributed by atoms with Crippen LogP contribution in [0.4, 0.5) is 11.4 Å². The summed E-state index contributed by atoms with van der Waals surface area (Å²) in [5.41, 5.74) is 2.47. The van der Waals surface area contributed by atoms with Gasteiger partial charge in [-0.2, -0.15) is 0 Å². The number of carbonyl (C=O) groups excluding carboxylic acids is 1. The molecule has 0 bridgehead atoms. The maximum absolute atomic E-state index is 11.7.